The van der Waals surface area contributed by atoms with Gasteiger partial charge in [-0.1, -0.05) is 18.2 Å². The molecule has 1 heterocycles. The normalized spacial score (nSPS) is 11.2. The van der Waals surface area contributed by atoms with E-state index in [2.05, 4.69) is 93.0 Å². The molecule has 0 aliphatic carbocycles. The van der Waals surface area contributed by atoms with E-state index in [0.717, 1.165) is 5.75 Å². The van der Waals surface area contributed by atoms with E-state index < -0.39 is 0 Å². The monoisotopic (exact) mass is 371 g/mol. The number of fused-ring (bicyclic) bond motifs is 2. The molecule has 3 heteroatoms. The molecule has 0 atom stereocenters. The lowest BCUT2D eigenvalue weighted by Gasteiger charge is -2.17. The standard InChI is InChI=1S/C25H27N2O/c1-16-8-7-9-17(2)24(16)25-20-12-10-18(26(3)4)14-23(20)27(5)22-13-11-19(28-6)15-21(22)25/h7-15H,1-6H3/q+1. The van der Waals surface area contributed by atoms with E-state index >= 15 is 0 Å². The molecular formula is C25H27N2O+. The predicted octanol–water partition coefficient (Wildman–Crippen LogP) is 5.18. The molecule has 3 aromatic carbocycles. The number of hydrogen-bond donors (Lipinski definition) is 0. The fourth-order valence-corrected chi connectivity index (χ4v) is 4.17. The second-order valence-electron chi connectivity index (χ2n) is 7.68. The molecule has 0 radical (unpaired) electrons. The van der Waals surface area contributed by atoms with E-state index in [1.807, 2.05) is 6.07 Å². The summed E-state index contributed by atoms with van der Waals surface area (Å²) in [5.74, 6) is 0.879. The summed E-state index contributed by atoms with van der Waals surface area (Å²) >= 11 is 0. The Balaban J connectivity index is 2.25. The Kier molecular flexibility index (Phi) is 4.46. The topological polar surface area (TPSA) is 16.4 Å². The van der Waals surface area contributed by atoms with Gasteiger partial charge in [-0.05, 0) is 54.8 Å². The number of benzene rings is 3. The van der Waals surface area contributed by atoms with Crippen molar-refractivity contribution >= 4 is 27.5 Å². The third-order valence-electron chi connectivity index (χ3n) is 5.69. The van der Waals surface area contributed by atoms with E-state index in [0.29, 0.717) is 0 Å². The van der Waals surface area contributed by atoms with Gasteiger partial charge < -0.3 is 9.64 Å². The molecular weight excluding hydrogens is 344 g/mol. The summed E-state index contributed by atoms with van der Waals surface area (Å²) < 4.78 is 7.85. The number of aromatic nitrogens is 1. The van der Waals surface area contributed by atoms with Gasteiger partial charge in [-0.3, -0.25) is 0 Å². The summed E-state index contributed by atoms with van der Waals surface area (Å²) in [5.41, 5.74) is 8.78. The van der Waals surface area contributed by atoms with Crippen LogP contribution in [0.2, 0.25) is 0 Å². The maximum atomic E-state index is 5.56. The SMILES string of the molecule is COc1ccc2c(c1)c(-c1c(C)cccc1C)c1ccc(N(C)C)cc1[n+]2C. The Morgan fingerprint density at radius 2 is 1.50 bits per heavy atom. The second kappa shape index (κ2) is 6.83. The van der Waals surface area contributed by atoms with Crippen molar-refractivity contribution in [3.8, 4) is 16.9 Å². The van der Waals surface area contributed by atoms with Crippen LogP contribution in [0.5, 0.6) is 5.75 Å². The van der Waals surface area contributed by atoms with Crippen molar-refractivity contribution < 1.29 is 9.30 Å². The van der Waals surface area contributed by atoms with Crippen molar-refractivity contribution in [2.24, 2.45) is 7.05 Å². The number of methoxy groups -OCH3 is 1. The van der Waals surface area contributed by atoms with Crippen LogP contribution in [0.15, 0.2) is 54.6 Å². The summed E-state index contributed by atoms with van der Waals surface area (Å²) in [5, 5.41) is 2.47. The highest BCUT2D eigenvalue weighted by Gasteiger charge is 2.22. The molecule has 3 nitrogen and oxygen atoms in total. The molecule has 28 heavy (non-hydrogen) atoms. The quantitative estimate of drug-likeness (QED) is 0.365. The first-order chi connectivity index (χ1) is 13.4. The summed E-state index contributed by atoms with van der Waals surface area (Å²) in [4.78, 5) is 2.15. The van der Waals surface area contributed by atoms with Crippen molar-refractivity contribution in [3.05, 3.63) is 65.7 Å². The average molecular weight is 372 g/mol. The van der Waals surface area contributed by atoms with Crippen LogP contribution in [-0.2, 0) is 7.05 Å². The van der Waals surface area contributed by atoms with Crippen LogP contribution < -0.4 is 14.2 Å². The lowest BCUT2D eigenvalue weighted by molar-refractivity contribution is -0.617. The lowest BCUT2D eigenvalue weighted by Crippen LogP contribution is -2.30. The van der Waals surface area contributed by atoms with Crippen LogP contribution in [0.1, 0.15) is 11.1 Å². The Hall–Kier alpha value is -3.07. The summed E-state index contributed by atoms with van der Waals surface area (Å²) in [6.07, 6.45) is 0. The van der Waals surface area contributed by atoms with Crippen LogP contribution in [0.4, 0.5) is 5.69 Å². The number of ether oxygens (including phenoxy) is 1. The van der Waals surface area contributed by atoms with Crippen molar-refractivity contribution in [3.63, 3.8) is 0 Å². The van der Waals surface area contributed by atoms with Crippen molar-refractivity contribution in [1.82, 2.24) is 0 Å². The molecule has 0 aliphatic rings. The van der Waals surface area contributed by atoms with Crippen LogP contribution in [0.25, 0.3) is 32.9 Å². The minimum atomic E-state index is 0.879. The number of pyridine rings is 1. The molecule has 142 valence electrons. The molecule has 0 spiro atoms. The molecule has 0 aliphatic heterocycles. The van der Waals surface area contributed by atoms with E-state index in [1.165, 1.54) is 49.7 Å². The van der Waals surface area contributed by atoms with Crippen molar-refractivity contribution in [2.45, 2.75) is 13.8 Å². The number of hydrogen-bond acceptors (Lipinski definition) is 2. The first-order valence-electron chi connectivity index (χ1n) is 9.59. The third-order valence-corrected chi connectivity index (χ3v) is 5.69. The van der Waals surface area contributed by atoms with Gasteiger partial charge in [0.2, 0.25) is 11.0 Å². The molecule has 0 N–H and O–H groups in total. The van der Waals surface area contributed by atoms with Gasteiger partial charge in [-0.15, -0.1) is 0 Å². The van der Waals surface area contributed by atoms with Crippen LogP contribution in [0, 0.1) is 13.8 Å². The van der Waals surface area contributed by atoms with Gasteiger partial charge in [-0.2, -0.15) is 4.57 Å². The van der Waals surface area contributed by atoms with Crippen molar-refractivity contribution in [2.75, 3.05) is 26.1 Å². The first kappa shape index (κ1) is 18.3. The molecule has 0 saturated carbocycles. The Morgan fingerprint density at radius 3 is 2.14 bits per heavy atom. The minimum Gasteiger partial charge on any atom is -0.497 e. The van der Waals surface area contributed by atoms with Crippen LogP contribution in [-0.4, -0.2) is 21.2 Å². The first-order valence-corrected chi connectivity index (χ1v) is 9.59. The molecule has 0 unspecified atom stereocenters. The highest BCUT2D eigenvalue weighted by molar-refractivity contribution is 6.09. The molecule has 0 amide bonds. The average Bonchev–Trinajstić information content (AvgIpc) is 2.69. The molecule has 0 saturated heterocycles. The van der Waals surface area contributed by atoms with Crippen LogP contribution >= 0.6 is 0 Å². The Bertz CT molecular complexity index is 1190. The van der Waals surface area contributed by atoms with Gasteiger partial charge in [0.1, 0.15) is 12.8 Å². The zero-order valence-corrected chi connectivity index (χ0v) is 17.5. The molecule has 4 rings (SSSR count). The van der Waals surface area contributed by atoms with Gasteiger partial charge in [0.05, 0.1) is 17.9 Å². The molecule has 4 aromatic rings. The highest BCUT2D eigenvalue weighted by Crippen LogP contribution is 2.39. The van der Waals surface area contributed by atoms with E-state index in [1.54, 1.807) is 7.11 Å². The molecule has 0 fully saturated rings. The summed E-state index contributed by atoms with van der Waals surface area (Å²) in [6.45, 7) is 4.39. The zero-order valence-electron chi connectivity index (χ0n) is 17.5. The summed E-state index contributed by atoms with van der Waals surface area (Å²) in [7, 11) is 8.04. The van der Waals surface area contributed by atoms with Gasteiger partial charge in [0.15, 0.2) is 0 Å². The maximum absolute atomic E-state index is 5.56. The fraction of sp³-hybridized carbons (Fsp3) is 0.240. The zero-order chi connectivity index (χ0) is 20.0. The van der Waals surface area contributed by atoms with Crippen LogP contribution in [0.3, 0.4) is 0 Å². The number of anilines is 1. The van der Waals surface area contributed by atoms with E-state index in [9.17, 15) is 0 Å². The third kappa shape index (κ3) is 2.78. The number of aryl methyl sites for hydroxylation is 3. The number of nitrogens with zero attached hydrogens (tertiary/aromatic N) is 2. The van der Waals surface area contributed by atoms with Gasteiger partial charge in [-0.25, -0.2) is 0 Å². The highest BCUT2D eigenvalue weighted by atomic mass is 16.5. The predicted molar refractivity (Wildman–Crippen MR) is 118 cm³/mol. The Morgan fingerprint density at radius 1 is 0.786 bits per heavy atom. The molecule has 0 bridgehead atoms. The van der Waals surface area contributed by atoms with Gasteiger partial charge in [0.25, 0.3) is 0 Å². The lowest BCUT2D eigenvalue weighted by atomic mass is 9.89. The summed E-state index contributed by atoms with van der Waals surface area (Å²) in [6, 6.07) is 19.6. The van der Waals surface area contributed by atoms with E-state index in [-0.39, 0.29) is 0 Å². The Labute approximate surface area is 166 Å². The largest absolute Gasteiger partial charge is 0.497 e. The number of rotatable bonds is 3. The second-order valence-corrected chi connectivity index (χ2v) is 7.68. The smallest absolute Gasteiger partial charge is 0.215 e. The molecule has 1 aromatic heterocycles. The van der Waals surface area contributed by atoms with E-state index in [4.69, 9.17) is 4.74 Å². The maximum Gasteiger partial charge on any atom is 0.215 e. The van der Waals surface area contributed by atoms with Gasteiger partial charge >= 0.3 is 0 Å². The van der Waals surface area contributed by atoms with Crippen molar-refractivity contribution in [1.29, 1.82) is 0 Å². The minimum absolute atomic E-state index is 0.879. The van der Waals surface area contributed by atoms with Gasteiger partial charge in [0, 0.05) is 37.5 Å². The fourth-order valence-electron chi connectivity index (χ4n) is 4.17.